The second-order valence-electron chi connectivity index (χ2n) is 8.66. The Morgan fingerprint density at radius 3 is 2.33 bits per heavy atom. The number of hydrogen-bond acceptors (Lipinski definition) is 9. The maximum absolute atomic E-state index is 13.4. The number of hydrogen-bond donors (Lipinski definition) is 2. The van der Waals surface area contributed by atoms with E-state index in [1.165, 1.54) is 37.4 Å². The average molecular weight is 589 g/mol. The molecule has 1 aromatic heterocycles. The fourth-order valence-electron chi connectivity index (χ4n) is 3.94. The Labute approximate surface area is 232 Å². The van der Waals surface area contributed by atoms with Gasteiger partial charge in [0.15, 0.2) is 0 Å². The van der Waals surface area contributed by atoms with Crippen molar-refractivity contribution in [2.24, 2.45) is 0 Å². The highest BCUT2D eigenvalue weighted by molar-refractivity contribution is 7.92. The molecule has 204 valence electrons. The highest BCUT2D eigenvalue weighted by atomic mass is 35.5. The number of nitriles is 1. The van der Waals surface area contributed by atoms with E-state index in [0.717, 1.165) is 10.6 Å². The summed E-state index contributed by atoms with van der Waals surface area (Å²) in [5, 5.41) is 12.0. The molecule has 1 fully saturated rings. The number of carbonyl (C=O) groups is 1. The zero-order valence-electron chi connectivity index (χ0n) is 21.0. The minimum Gasteiger partial charge on any atom is -0.338 e. The molecule has 4 rings (SSSR count). The first-order valence-electron chi connectivity index (χ1n) is 11.6. The Morgan fingerprint density at radius 2 is 1.72 bits per heavy atom. The molecule has 12 nitrogen and oxygen atoms in total. The van der Waals surface area contributed by atoms with Crippen LogP contribution in [0.15, 0.2) is 59.5 Å². The van der Waals surface area contributed by atoms with Crippen molar-refractivity contribution in [3.8, 4) is 6.07 Å². The van der Waals surface area contributed by atoms with Crippen LogP contribution in [-0.4, -0.2) is 72.3 Å². The summed E-state index contributed by atoms with van der Waals surface area (Å²) in [7, 11) is -5.53. The van der Waals surface area contributed by atoms with E-state index in [1.54, 1.807) is 28.6 Å². The van der Waals surface area contributed by atoms with E-state index in [4.69, 9.17) is 21.6 Å². The number of sulfonamides is 1. The van der Waals surface area contributed by atoms with Crippen LogP contribution >= 0.6 is 11.6 Å². The SMILES string of the molecule is CN(c1ccccc1C(=O)Nc1ccc(S(=N)(=O)N2CCN(c3nc(Cl)cc(C#N)n3)CC2)cc1)S(C)(=O)=O. The molecule has 1 saturated heterocycles. The first-order valence-corrected chi connectivity index (χ1v) is 15.3. The number of amides is 1. The Bertz CT molecular complexity index is 1650. The van der Waals surface area contributed by atoms with E-state index in [9.17, 15) is 17.4 Å². The van der Waals surface area contributed by atoms with Crippen molar-refractivity contribution in [2.45, 2.75) is 4.90 Å². The van der Waals surface area contributed by atoms with Gasteiger partial charge in [0.2, 0.25) is 16.0 Å². The van der Waals surface area contributed by atoms with Crippen LogP contribution in [0.3, 0.4) is 0 Å². The standard InChI is InChI=1S/C24H25ClN8O4S2/c1-31(38(2,35)36)21-6-4-3-5-20(21)23(34)28-17-7-9-19(10-8-17)39(27,37)33-13-11-32(12-14-33)24-29-18(16-26)15-22(25)30-24/h3-10,15,27H,11-14H2,1-2H3,(H,28,34). The lowest BCUT2D eigenvalue weighted by Gasteiger charge is -2.35. The van der Waals surface area contributed by atoms with Crippen molar-refractivity contribution in [3.63, 3.8) is 0 Å². The summed E-state index contributed by atoms with van der Waals surface area (Å²) >= 11 is 5.98. The third-order valence-corrected chi connectivity index (χ3v) is 9.49. The zero-order chi connectivity index (χ0) is 28.4. The van der Waals surface area contributed by atoms with Crippen LogP contribution in [0.2, 0.25) is 5.15 Å². The number of carbonyl (C=O) groups excluding carboxylic acids is 1. The summed E-state index contributed by atoms with van der Waals surface area (Å²) in [6.07, 6.45) is 1.05. The van der Waals surface area contributed by atoms with Crippen molar-refractivity contribution in [1.82, 2.24) is 14.3 Å². The number of nitrogens with zero attached hydrogens (tertiary/aromatic N) is 6. The predicted octanol–water partition coefficient (Wildman–Crippen LogP) is 2.79. The highest BCUT2D eigenvalue weighted by Gasteiger charge is 2.27. The van der Waals surface area contributed by atoms with Crippen molar-refractivity contribution in [1.29, 1.82) is 10.0 Å². The molecule has 0 aliphatic carbocycles. The molecule has 0 bridgehead atoms. The number of rotatable bonds is 7. The van der Waals surface area contributed by atoms with Crippen LogP contribution in [0.25, 0.3) is 0 Å². The molecule has 1 unspecified atom stereocenters. The van der Waals surface area contributed by atoms with Gasteiger partial charge < -0.3 is 10.2 Å². The van der Waals surface area contributed by atoms with Gasteiger partial charge in [0.25, 0.3) is 5.91 Å². The predicted molar refractivity (Wildman–Crippen MR) is 149 cm³/mol. The molecule has 2 aromatic carbocycles. The van der Waals surface area contributed by atoms with Crippen LogP contribution in [-0.2, 0) is 19.9 Å². The van der Waals surface area contributed by atoms with Crippen molar-refractivity contribution < 1.29 is 17.4 Å². The number of nitrogens with one attached hydrogen (secondary N) is 2. The monoisotopic (exact) mass is 588 g/mol. The van der Waals surface area contributed by atoms with Gasteiger partial charge in [-0.05, 0) is 36.4 Å². The van der Waals surface area contributed by atoms with Gasteiger partial charge in [0.1, 0.15) is 26.8 Å². The first kappa shape index (κ1) is 28.2. The summed E-state index contributed by atoms with van der Waals surface area (Å²) in [5.41, 5.74) is 0.943. The maximum atomic E-state index is 13.4. The minimum absolute atomic E-state index is 0.148. The molecule has 1 aliphatic heterocycles. The molecule has 2 N–H and O–H groups in total. The normalized spacial score (nSPS) is 15.7. The molecule has 0 saturated carbocycles. The van der Waals surface area contributed by atoms with Gasteiger partial charge in [-0.2, -0.15) is 5.26 Å². The molecule has 2 heterocycles. The van der Waals surface area contributed by atoms with Crippen LogP contribution in [0.5, 0.6) is 0 Å². The third kappa shape index (κ3) is 6.28. The molecule has 3 aromatic rings. The zero-order valence-corrected chi connectivity index (χ0v) is 23.4. The van der Waals surface area contributed by atoms with Crippen LogP contribution in [0, 0.1) is 16.1 Å². The summed E-state index contributed by atoms with van der Waals surface area (Å²) in [6, 6.07) is 15.8. The van der Waals surface area contributed by atoms with Crippen LogP contribution in [0.1, 0.15) is 16.1 Å². The first-order chi connectivity index (χ1) is 18.4. The second kappa shape index (κ2) is 11.1. The quantitative estimate of drug-likeness (QED) is 0.398. The van der Waals surface area contributed by atoms with E-state index in [-0.39, 0.29) is 27.0 Å². The Morgan fingerprint density at radius 1 is 1.08 bits per heavy atom. The topological polar surface area (TPSA) is 163 Å². The molecule has 39 heavy (non-hydrogen) atoms. The summed E-state index contributed by atoms with van der Waals surface area (Å²) in [5.74, 6) is -0.209. The Hall–Kier alpha value is -3.77. The van der Waals surface area contributed by atoms with Gasteiger partial charge in [-0.3, -0.25) is 9.10 Å². The molecule has 1 amide bonds. The van der Waals surface area contributed by atoms with Gasteiger partial charge in [-0.1, -0.05) is 23.7 Å². The maximum Gasteiger partial charge on any atom is 0.257 e. The van der Waals surface area contributed by atoms with E-state index < -0.39 is 25.8 Å². The van der Waals surface area contributed by atoms with Crippen molar-refractivity contribution in [2.75, 3.05) is 54.0 Å². The number of aromatic nitrogens is 2. The molecule has 1 atom stereocenters. The number of halogens is 1. The molecular formula is C24H25ClN8O4S2. The third-order valence-electron chi connectivity index (χ3n) is 6.10. The highest BCUT2D eigenvalue weighted by Crippen LogP contribution is 2.25. The van der Waals surface area contributed by atoms with Gasteiger partial charge in [0, 0.05) is 45.0 Å². The molecule has 1 aliphatic rings. The second-order valence-corrected chi connectivity index (χ2v) is 13.1. The van der Waals surface area contributed by atoms with E-state index in [2.05, 4.69) is 15.3 Å². The van der Waals surface area contributed by atoms with Gasteiger partial charge in [-0.25, -0.2) is 31.7 Å². The van der Waals surface area contributed by atoms with E-state index >= 15 is 0 Å². The smallest absolute Gasteiger partial charge is 0.257 e. The summed E-state index contributed by atoms with van der Waals surface area (Å²) in [4.78, 5) is 23.3. The van der Waals surface area contributed by atoms with Crippen LogP contribution < -0.4 is 14.5 Å². The Kier molecular flexibility index (Phi) is 8.07. The number of benzene rings is 2. The largest absolute Gasteiger partial charge is 0.338 e. The Balaban J connectivity index is 1.44. The van der Waals surface area contributed by atoms with E-state index in [1.807, 2.05) is 11.0 Å². The number of para-hydroxylation sites is 1. The summed E-state index contributed by atoms with van der Waals surface area (Å²) < 4.78 is 48.6. The molecule has 0 spiro atoms. The van der Waals surface area contributed by atoms with Gasteiger partial charge >= 0.3 is 0 Å². The fourth-order valence-corrected chi connectivity index (χ4v) is 6.11. The lowest BCUT2D eigenvalue weighted by atomic mass is 10.1. The number of piperazine rings is 1. The number of anilines is 3. The van der Waals surface area contributed by atoms with Gasteiger partial charge in [0.05, 0.1) is 22.4 Å². The lowest BCUT2D eigenvalue weighted by molar-refractivity contribution is 0.102. The fraction of sp³-hybridized carbons (Fsp3) is 0.250. The van der Waals surface area contributed by atoms with Crippen molar-refractivity contribution in [3.05, 3.63) is 71.0 Å². The van der Waals surface area contributed by atoms with Gasteiger partial charge in [-0.15, -0.1) is 0 Å². The average Bonchev–Trinajstić information content (AvgIpc) is 2.92. The lowest BCUT2D eigenvalue weighted by Crippen LogP contribution is -2.48. The van der Waals surface area contributed by atoms with Crippen molar-refractivity contribution >= 4 is 54.8 Å². The minimum atomic E-state index is -3.57. The molecule has 15 heteroatoms. The molecular weight excluding hydrogens is 564 g/mol. The van der Waals surface area contributed by atoms with Crippen LogP contribution in [0.4, 0.5) is 17.3 Å². The summed E-state index contributed by atoms with van der Waals surface area (Å²) in [6.45, 7) is 1.36. The molecule has 0 radical (unpaired) electrons. The van der Waals surface area contributed by atoms with E-state index in [0.29, 0.717) is 37.8 Å².